The van der Waals surface area contributed by atoms with Crippen molar-refractivity contribution in [2.24, 2.45) is 0 Å². The van der Waals surface area contributed by atoms with Crippen LogP contribution in [0.5, 0.6) is 11.5 Å². The number of ether oxygens (including phenoxy) is 2. The Morgan fingerprint density at radius 1 is 1.19 bits per heavy atom. The van der Waals surface area contributed by atoms with E-state index in [1.807, 2.05) is 6.92 Å². The number of Topliss-reactive ketones (excluding diaryl/α,β-unsaturated/α-hetero) is 1. The molecule has 2 aromatic carbocycles. The van der Waals surface area contributed by atoms with Gasteiger partial charge in [0.25, 0.3) is 11.7 Å². The van der Waals surface area contributed by atoms with Crippen LogP contribution in [0.25, 0.3) is 5.76 Å². The molecule has 0 bridgehead atoms. The number of methoxy groups -OCH3 is 1. The van der Waals surface area contributed by atoms with Crippen molar-refractivity contribution in [3.05, 3.63) is 64.2 Å². The number of rotatable bonds is 9. The molecule has 1 atom stereocenters. The van der Waals surface area contributed by atoms with Crippen LogP contribution in [0.3, 0.4) is 0 Å². The van der Waals surface area contributed by atoms with Gasteiger partial charge in [-0.15, -0.1) is 0 Å². The fourth-order valence-corrected chi connectivity index (χ4v) is 3.88. The molecule has 3 rings (SSSR count). The normalized spacial score (nSPS) is 17.6. The second-order valence-electron chi connectivity index (χ2n) is 7.34. The predicted octanol–water partition coefficient (Wildman–Crippen LogP) is 3.94. The Bertz CT molecular complexity index is 1030. The van der Waals surface area contributed by atoms with Gasteiger partial charge in [-0.2, -0.15) is 0 Å². The maximum absolute atomic E-state index is 13.0. The van der Waals surface area contributed by atoms with E-state index in [4.69, 9.17) is 26.2 Å². The van der Waals surface area contributed by atoms with Crippen LogP contribution < -0.4 is 9.47 Å². The highest BCUT2D eigenvalue weighted by atomic mass is 35.5. The molecule has 170 valence electrons. The number of carbonyl (C=O) groups excluding carboxylic acids is 2. The second-order valence-corrected chi connectivity index (χ2v) is 7.75. The highest BCUT2D eigenvalue weighted by molar-refractivity contribution is 6.46. The monoisotopic (exact) mass is 459 g/mol. The Labute approximate surface area is 191 Å². The first-order chi connectivity index (χ1) is 15.4. The molecule has 32 heavy (non-hydrogen) atoms. The zero-order chi connectivity index (χ0) is 23.3. The lowest BCUT2D eigenvalue weighted by molar-refractivity contribution is -0.139. The second kappa shape index (κ2) is 10.5. The molecule has 2 aromatic rings. The SMILES string of the molecule is CCCN1C(=O)C(=O)/C(=C(\O)c2ccc(Cl)c(OC)c2)C1c1cccc(OCCCO)c1. The molecule has 1 unspecified atom stereocenters. The van der Waals surface area contributed by atoms with Crippen molar-refractivity contribution in [2.75, 3.05) is 26.9 Å². The Morgan fingerprint density at radius 3 is 2.66 bits per heavy atom. The summed E-state index contributed by atoms with van der Waals surface area (Å²) in [4.78, 5) is 27.3. The molecule has 1 saturated heterocycles. The molecule has 1 aliphatic heterocycles. The van der Waals surface area contributed by atoms with Crippen molar-refractivity contribution in [3.63, 3.8) is 0 Å². The third kappa shape index (κ3) is 4.74. The van der Waals surface area contributed by atoms with Crippen LogP contribution in [0, 0.1) is 0 Å². The summed E-state index contributed by atoms with van der Waals surface area (Å²) in [6.07, 6.45) is 1.13. The standard InChI is InChI=1S/C24H26ClNO6/c1-3-10-26-21(15-6-4-7-17(13-15)32-12-5-11-27)20(23(29)24(26)30)22(28)16-8-9-18(25)19(14-16)31-2/h4,6-9,13-14,21,27-28H,3,5,10-12H2,1-2H3/b22-20-. The largest absolute Gasteiger partial charge is 0.507 e. The van der Waals surface area contributed by atoms with E-state index in [9.17, 15) is 14.7 Å². The average molecular weight is 460 g/mol. The van der Waals surface area contributed by atoms with Gasteiger partial charge in [-0.1, -0.05) is 30.7 Å². The first-order valence-corrected chi connectivity index (χ1v) is 10.8. The van der Waals surface area contributed by atoms with E-state index in [1.54, 1.807) is 36.4 Å². The van der Waals surface area contributed by atoms with Crippen molar-refractivity contribution < 1.29 is 29.3 Å². The van der Waals surface area contributed by atoms with Crippen molar-refractivity contribution in [3.8, 4) is 11.5 Å². The molecular weight excluding hydrogens is 434 g/mol. The van der Waals surface area contributed by atoms with Gasteiger partial charge in [0.05, 0.1) is 30.4 Å². The molecule has 8 heteroatoms. The Kier molecular flexibility index (Phi) is 7.77. The summed E-state index contributed by atoms with van der Waals surface area (Å²) < 4.78 is 10.9. The van der Waals surface area contributed by atoms with E-state index in [2.05, 4.69) is 0 Å². The smallest absolute Gasteiger partial charge is 0.295 e. The molecule has 0 radical (unpaired) electrons. The van der Waals surface area contributed by atoms with Crippen molar-refractivity contribution in [2.45, 2.75) is 25.8 Å². The average Bonchev–Trinajstić information content (AvgIpc) is 3.04. The number of carbonyl (C=O) groups is 2. The van der Waals surface area contributed by atoms with E-state index >= 15 is 0 Å². The summed E-state index contributed by atoms with van der Waals surface area (Å²) in [5.41, 5.74) is 0.961. The number of ketones is 1. The van der Waals surface area contributed by atoms with Gasteiger partial charge in [0.1, 0.15) is 17.3 Å². The molecule has 0 aliphatic carbocycles. The van der Waals surface area contributed by atoms with Crippen LogP contribution in [0.2, 0.25) is 5.02 Å². The molecule has 1 fully saturated rings. The summed E-state index contributed by atoms with van der Waals surface area (Å²) >= 11 is 6.09. The zero-order valence-corrected chi connectivity index (χ0v) is 18.8. The topological polar surface area (TPSA) is 96.3 Å². The summed E-state index contributed by atoms with van der Waals surface area (Å²) in [6, 6.07) is 10.9. The fourth-order valence-electron chi connectivity index (χ4n) is 3.69. The van der Waals surface area contributed by atoms with Gasteiger partial charge in [0, 0.05) is 25.1 Å². The Hall–Kier alpha value is -3.03. The Morgan fingerprint density at radius 2 is 1.97 bits per heavy atom. The maximum Gasteiger partial charge on any atom is 0.295 e. The first-order valence-electron chi connectivity index (χ1n) is 10.4. The highest BCUT2D eigenvalue weighted by Crippen LogP contribution is 2.41. The molecular formula is C24H26ClNO6. The maximum atomic E-state index is 13.0. The molecule has 0 aromatic heterocycles. The number of amides is 1. The summed E-state index contributed by atoms with van der Waals surface area (Å²) in [7, 11) is 1.45. The van der Waals surface area contributed by atoms with Crippen LogP contribution >= 0.6 is 11.6 Å². The minimum absolute atomic E-state index is 0.000309. The number of aliphatic hydroxyl groups excluding tert-OH is 2. The molecule has 7 nitrogen and oxygen atoms in total. The fraction of sp³-hybridized carbons (Fsp3) is 0.333. The van der Waals surface area contributed by atoms with Crippen LogP contribution in [0.15, 0.2) is 48.0 Å². The van der Waals surface area contributed by atoms with Gasteiger partial charge in [-0.3, -0.25) is 9.59 Å². The van der Waals surface area contributed by atoms with Gasteiger partial charge in [0.2, 0.25) is 0 Å². The van der Waals surface area contributed by atoms with Crippen molar-refractivity contribution in [1.29, 1.82) is 0 Å². The molecule has 0 saturated carbocycles. The molecule has 0 spiro atoms. The number of nitrogens with zero attached hydrogens (tertiary/aromatic N) is 1. The Balaban J connectivity index is 2.11. The van der Waals surface area contributed by atoms with Gasteiger partial charge in [-0.05, 0) is 42.3 Å². The number of likely N-dealkylation sites (tertiary alicyclic amines) is 1. The van der Waals surface area contributed by atoms with E-state index in [0.717, 1.165) is 0 Å². The minimum Gasteiger partial charge on any atom is -0.507 e. The minimum atomic E-state index is -0.766. The number of hydrogen-bond donors (Lipinski definition) is 2. The molecule has 1 heterocycles. The molecule has 2 N–H and O–H groups in total. The summed E-state index contributed by atoms with van der Waals surface area (Å²) in [5.74, 6) is -0.818. The summed E-state index contributed by atoms with van der Waals surface area (Å²) in [5, 5.41) is 20.4. The van der Waals surface area contributed by atoms with Gasteiger partial charge in [0.15, 0.2) is 0 Å². The lowest BCUT2D eigenvalue weighted by atomic mass is 9.95. The zero-order valence-electron chi connectivity index (χ0n) is 18.0. The third-order valence-electron chi connectivity index (χ3n) is 5.17. The summed E-state index contributed by atoms with van der Waals surface area (Å²) in [6.45, 7) is 2.61. The van der Waals surface area contributed by atoms with Gasteiger partial charge in [-0.25, -0.2) is 0 Å². The van der Waals surface area contributed by atoms with Crippen molar-refractivity contribution in [1.82, 2.24) is 4.90 Å². The van der Waals surface area contributed by atoms with Crippen LogP contribution in [0.4, 0.5) is 0 Å². The van der Waals surface area contributed by atoms with Crippen molar-refractivity contribution >= 4 is 29.1 Å². The van der Waals surface area contributed by atoms with E-state index in [0.29, 0.717) is 53.6 Å². The third-order valence-corrected chi connectivity index (χ3v) is 5.49. The number of halogens is 1. The quantitative estimate of drug-likeness (QED) is 0.255. The van der Waals surface area contributed by atoms with Gasteiger partial charge >= 0.3 is 0 Å². The van der Waals surface area contributed by atoms with E-state index in [-0.39, 0.29) is 17.9 Å². The van der Waals surface area contributed by atoms with E-state index in [1.165, 1.54) is 18.1 Å². The van der Waals surface area contributed by atoms with Crippen LogP contribution in [0.1, 0.15) is 36.9 Å². The van der Waals surface area contributed by atoms with Gasteiger partial charge < -0.3 is 24.6 Å². The van der Waals surface area contributed by atoms with Crippen LogP contribution in [-0.4, -0.2) is 53.7 Å². The highest BCUT2D eigenvalue weighted by Gasteiger charge is 2.45. The molecule has 1 amide bonds. The lowest BCUT2D eigenvalue weighted by Gasteiger charge is -2.25. The number of hydrogen-bond acceptors (Lipinski definition) is 6. The first kappa shape index (κ1) is 23.6. The van der Waals surface area contributed by atoms with Crippen LogP contribution in [-0.2, 0) is 9.59 Å². The number of benzene rings is 2. The lowest BCUT2D eigenvalue weighted by Crippen LogP contribution is -2.30. The molecule has 1 aliphatic rings. The predicted molar refractivity (Wildman–Crippen MR) is 121 cm³/mol. The number of aliphatic hydroxyl groups is 2. The van der Waals surface area contributed by atoms with E-state index < -0.39 is 17.7 Å².